The van der Waals surface area contributed by atoms with Gasteiger partial charge in [0.15, 0.2) is 0 Å². The zero-order valence-corrected chi connectivity index (χ0v) is 8.26. The maximum absolute atomic E-state index is 12.5. The summed E-state index contributed by atoms with van der Waals surface area (Å²) in [7, 11) is 0. The fraction of sp³-hybridized carbons (Fsp3) is 0.364. The number of alkyl halides is 4. The maximum Gasteiger partial charge on any atom is 0.264 e. The molecule has 0 unspecified atom stereocenters. The van der Waals surface area contributed by atoms with Crippen LogP contribution in [0, 0.1) is 11.3 Å². The average molecular weight is 231 g/mol. The number of nitriles is 1. The van der Waals surface area contributed by atoms with Crippen molar-refractivity contribution in [1.29, 1.82) is 5.26 Å². The van der Waals surface area contributed by atoms with Crippen molar-refractivity contribution >= 4 is 0 Å². The van der Waals surface area contributed by atoms with Crippen LogP contribution in [0.5, 0.6) is 0 Å². The number of nitrogens with zero attached hydrogens (tertiary/aromatic N) is 1. The number of aryl methyl sites for hydroxylation is 1. The van der Waals surface area contributed by atoms with Crippen LogP contribution in [0.3, 0.4) is 0 Å². The summed E-state index contributed by atoms with van der Waals surface area (Å²) in [5.41, 5.74) is -0.817. The summed E-state index contributed by atoms with van der Waals surface area (Å²) in [5, 5.41) is 8.33. The van der Waals surface area contributed by atoms with Crippen molar-refractivity contribution in [2.75, 3.05) is 0 Å². The summed E-state index contributed by atoms with van der Waals surface area (Å²) in [4.78, 5) is 0. The van der Waals surface area contributed by atoms with Gasteiger partial charge in [-0.15, -0.1) is 0 Å². The number of benzene rings is 1. The molecule has 86 valence electrons. The molecule has 0 bridgehead atoms. The molecule has 16 heavy (non-hydrogen) atoms. The fourth-order valence-electron chi connectivity index (χ4n) is 1.37. The third-order valence-corrected chi connectivity index (χ3v) is 2.15. The summed E-state index contributed by atoms with van der Waals surface area (Å²) in [6.07, 6.45) is -5.36. The highest BCUT2D eigenvalue weighted by molar-refractivity contribution is 5.34. The lowest BCUT2D eigenvalue weighted by Crippen LogP contribution is -1.97. The molecule has 0 aliphatic carbocycles. The van der Waals surface area contributed by atoms with Crippen molar-refractivity contribution < 1.29 is 17.6 Å². The van der Waals surface area contributed by atoms with Crippen molar-refractivity contribution in [2.24, 2.45) is 0 Å². The second-order valence-corrected chi connectivity index (χ2v) is 3.22. The molecule has 0 aliphatic heterocycles. The molecule has 1 aromatic rings. The first-order valence-electron chi connectivity index (χ1n) is 4.62. The Morgan fingerprint density at radius 3 is 2.19 bits per heavy atom. The Morgan fingerprint density at radius 1 is 1.06 bits per heavy atom. The third-order valence-electron chi connectivity index (χ3n) is 2.15. The van der Waals surface area contributed by atoms with Gasteiger partial charge in [0.2, 0.25) is 0 Å². The smallest absolute Gasteiger partial charge is 0.205 e. The Balaban J connectivity index is 3.03. The zero-order valence-electron chi connectivity index (χ0n) is 8.26. The molecular formula is C11H9F4N. The van der Waals surface area contributed by atoms with Gasteiger partial charge in [-0.25, -0.2) is 17.6 Å². The lowest BCUT2D eigenvalue weighted by atomic mass is 10.0. The van der Waals surface area contributed by atoms with Crippen LogP contribution in [0.15, 0.2) is 18.2 Å². The largest absolute Gasteiger partial charge is 0.264 e. The minimum Gasteiger partial charge on any atom is -0.205 e. The predicted octanol–water partition coefficient (Wildman–Crippen LogP) is 4.02. The van der Waals surface area contributed by atoms with E-state index in [1.165, 1.54) is 6.07 Å². The monoisotopic (exact) mass is 231 g/mol. The molecule has 0 aromatic heterocycles. The molecular weight excluding hydrogens is 222 g/mol. The van der Waals surface area contributed by atoms with Gasteiger partial charge < -0.3 is 0 Å². The molecule has 5 heteroatoms. The van der Waals surface area contributed by atoms with Gasteiger partial charge in [0.1, 0.15) is 0 Å². The molecule has 0 aliphatic rings. The van der Waals surface area contributed by atoms with E-state index in [4.69, 9.17) is 5.26 Å². The van der Waals surface area contributed by atoms with Crippen LogP contribution in [-0.2, 0) is 6.42 Å². The first kappa shape index (κ1) is 12.5. The van der Waals surface area contributed by atoms with Crippen molar-refractivity contribution in [3.63, 3.8) is 0 Å². The number of halogens is 4. The lowest BCUT2D eigenvalue weighted by molar-refractivity contribution is 0.124. The maximum atomic E-state index is 12.5. The minimum atomic E-state index is -2.92. The Morgan fingerprint density at radius 2 is 1.69 bits per heavy atom. The van der Waals surface area contributed by atoms with E-state index in [-0.39, 0.29) is 6.42 Å². The highest BCUT2D eigenvalue weighted by Crippen LogP contribution is 2.31. The molecule has 0 fully saturated rings. The van der Waals surface area contributed by atoms with E-state index >= 15 is 0 Å². The van der Waals surface area contributed by atoms with E-state index in [0.29, 0.717) is 12.0 Å². The van der Waals surface area contributed by atoms with Gasteiger partial charge in [-0.1, -0.05) is 12.1 Å². The zero-order chi connectivity index (χ0) is 12.1. The van der Waals surface area contributed by atoms with Gasteiger partial charge in [-0.3, -0.25) is 0 Å². The predicted molar refractivity (Wildman–Crippen MR) is 50.3 cm³/mol. The second-order valence-electron chi connectivity index (χ2n) is 3.22. The summed E-state index contributed by atoms with van der Waals surface area (Å²) in [5.74, 6) is 0. The van der Waals surface area contributed by atoms with Gasteiger partial charge in [0, 0.05) is 17.5 Å². The summed E-state index contributed by atoms with van der Waals surface area (Å²) in [6, 6.07) is 5.26. The first-order chi connectivity index (χ1) is 7.56. The Hall–Kier alpha value is -1.57. The second kappa shape index (κ2) is 5.50. The molecule has 0 atom stereocenters. The normalized spacial score (nSPS) is 10.8. The van der Waals surface area contributed by atoms with E-state index < -0.39 is 24.0 Å². The molecule has 0 heterocycles. The topological polar surface area (TPSA) is 23.8 Å². The van der Waals surface area contributed by atoms with Crippen LogP contribution in [-0.4, -0.2) is 0 Å². The van der Waals surface area contributed by atoms with Gasteiger partial charge in [-0.2, -0.15) is 5.26 Å². The quantitative estimate of drug-likeness (QED) is 0.718. The Kier molecular flexibility index (Phi) is 4.29. The highest BCUT2D eigenvalue weighted by Gasteiger charge is 2.19. The van der Waals surface area contributed by atoms with Crippen molar-refractivity contribution in [3.8, 4) is 6.07 Å². The van der Waals surface area contributed by atoms with E-state index in [2.05, 4.69) is 0 Å². The SMILES string of the molecule is N#CCCc1ccc(C(F)F)c(C(F)F)c1. The molecule has 1 rings (SSSR count). The van der Waals surface area contributed by atoms with Crippen LogP contribution in [0.1, 0.15) is 36.0 Å². The third kappa shape index (κ3) is 2.96. The van der Waals surface area contributed by atoms with E-state index in [1.807, 2.05) is 6.07 Å². The Bertz CT molecular complexity index is 395. The van der Waals surface area contributed by atoms with Crippen LogP contribution >= 0.6 is 0 Å². The van der Waals surface area contributed by atoms with Gasteiger partial charge in [-0.05, 0) is 18.1 Å². The Labute approximate surface area is 90.3 Å². The summed E-state index contributed by atoms with van der Waals surface area (Å²) in [6.45, 7) is 0. The molecule has 1 nitrogen and oxygen atoms in total. The number of hydrogen-bond acceptors (Lipinski definition) is 1. The summed E-state index contributed by atoms with van der Waals surface area (Å²) >= 11 is 0. The molecule has 0 saturated carbocycles. The first-order valence-corrected chi connectivity index (χ1v) is 4.62. The number of hydrogen-bond donors (Lipinski definition) is 0. The molecule has 0 spiro atoms. The standard InChI is InChI=1S/C11H9F4N/c12-10(13)8-4-3-7(2-1-5-16)6-9(8)11(14)15/h3-4,6,10-11H,1-2H2. The van der Waals surface area contributed by atoms with E-state index in [9.17, 15) is 17.6 Å². The van der Waals surface area contributed by atoms with Gasteiger partial charge in [0.05, 0.1) is 6.07 Å². The minimum absolute atomic E-state index is 0.177. The van der Waals surface area contributed by atoms with Crippen molar-refractivity contribution in [1.82, 2.24) is 0 Å². The summed E-state index contributed by atoms with van der Waals surface area (Å²) < 4.78 is 49.8. The van der Waals surface area contributed by atoms with Crippen LogP contribution in [0.4, 0.5) is 17.6 Å². The molecule has 0 amide bonds. The highest BCUT2D eigenvalue weighted by atomic mass is 19.3. The van der Waals surface area contributed by atoms with Gasteiger partial charge >= 0.3 is 0 Å². The van der Waals surface area contributed by atoms with E-state index in [0.717, 1.165) is 12.1 Å². The average Bonchev–Trinajstić information content (AvgIpc) is 2.25. The van der Waals surface area contributed by atoms with Crippen LogP contribution < -0.4 is 0 Å². The number of rotatable bonds is 4. The molecule has 0 radical (unpaired) electrons. The van der Waals surface area contributed by atoms with Crippen LogP contribution in [0.25, 0.3) is 0 Å². The molecule has 0 saturated heterocycles. The molecule has 1 aromatic carbocycles. The van der Waals surface area contributed by atoms with Crippen LogP contribution in [0.2, 0.25) is 0 Å². The van der Waals surface area contributed by atoms with Gasteiger partial charge in [0.25, 0.3) is 12.9 Å². The lowest BCUT2D eigenvalue weighted by Gasteiger charge is -2.09. The molecule has 0 N–H and O–H groups in total. The van der Waals surface area contributed by atoms with E-state index in [1.54, 1.807) is 0 Å². The van der Waals surface area contributed by atoms with Crippen molar-refractivity contribution in [2.45, 2.75) is 25.7 Å². The fourth-order valence-corrected chi connectivity index (χ4v) is 1.37. The van der Waals surface area contributed by atoms with Crippen molar-refractivity contribution in [3.05, 3.63) is 34.9 Å².